The molecule has 3 N–H and O–H groups in total. The second-order valence-electron chi connectivity index (χ2n) is 8.75. The third-order valence-corrected chi connectivity index (χ3v) is 6.64. The first-order valence-corrected chi connectivity index (χ1v) is 11.1. The number of carboxylic acids is 1. The van der Waals surface area contributed by atoms with E-state index in [2.05, 4.69) is 27.9 Å². The molecule has 1 saturated carbocycles. The molecule has 1 heterocycles. The Hall–Kier alpha value is -4.14. The van der Waals surface area contributed by atoms with Crippen LogP contribution in [-0.2, 0) is 16.6 Å². The highest BCUT2D eigenvalue weighted by Crippen LogP contribution is 2.45. The van der Waals surface area contributed by atoms with Gasteiger partial charge >= 0.3 is 12.1 Å². The van der Waals surface area contributed by atoms with Gasteiger partial charge in [-0.1, -0.05) is 48.5 Å². The normalized spacial score (nSPS) is 15.2. The van der Waals surface area contributed by atoms with E-state index in [1.807, 2.05) is 36.4 Å². The van der Waals surface area contributed by atoms with Gasteiger partial charge in [0.25, 0.3) is 5.91 Å². The zero-order valence-corrected chi connectivity index (χ0v) is 18.6. The first kappa shape index (κ1) is 21.7. The zero-order valence-electron chi connectivity index (χ0n) is 18.6. The number of aromatic nitrogens is 2. The van der Waals surface area contributed by atoms with Crippen LogP contribution in [0.25, 0.3) is 11.1 Å². The van der Waals surface area contributed by atoms with Crippen LogP contribution in [0.4, 0.5) is 10.6 Å². The van der Waals surface area contributed by atoms with E-state index in [0.717, 1.165) is 22.3 Å². The molecule has 0 spiro atoms. The molecule has 2 aliphatic rings. The number of fused-ring (bicyclic) bond motifs is 3. The van der Waals surface area contributed by atoms with E-state index in [1.165, 1.54) is 10.9 Å². The van der Waals surface area contributed by atoms with Crippen LogP contribution < -0.4 is 10.6 Å². The number of benzene rings is 2. The van der Waals surface area contributed by atoms with Gasteiger partial charge in [0.1, 0.15) is 18.0 Å². The number of hydrogen-bond acceptors (Lipinski definition) is 5. The lowest BCUT2D eigenvalue weighted by atomic mass is 9.98. The number of carbonyl (C=O) groups is 3. The molecule has 0 aliphatic heterocycles. The number of anilines is 1. The Balaban J connectivity index is 1.25. The molecule has 2 amide bonds. The monoisotopic (exact) mass is 460 g/mol. The Morgan fingerprint density at radius 3 is 2.29 bits per heavy atom. The van der Waals surface area contributed by atoms with Gasteiger partial charge in [0.2, 0.25) is 0 Å². The SMILES string of the molecule is Cn1ncc(C(=O)NCC2(C(=O)O)CC2)c1NC(=O)OCC1c2ccccc2-c2ccccc21. The number of aryl methyl sites for hydroxylation is 1. The van der Waals surface area contributed by atoms with E-state index >= 15 is 0 Å². The largest absolute Gasteiger partial charge is 0.481 e. The number of ether oxygens (including phenoxy) is 1. The molecule has 9 nitrogen and oxygen atoms in total. The molecule has 0 unspecified atom stereocenters. The number of hydrogen-bond donors (Lipinski definition) is 3. The summed E-state index contributed by atoms with van der Waals surface area (Å²) in [7, 11) is 1.59. The average Bonchev–Trinajstić information content (AvgIpc) is 3.47. The summed E-state index contributed by atoms with van der Waals surface area (Å²) < 4.78 is 6.92. The third kappa shape index (κ3) is 3.79. The van der Waals surface area contributed by atoms with Crippen molar-refractivity contribution >= 4 is 23.8 Å². The lowest BCUT2D eigenvalue weighted by Crippen LogP contribution is -2.34. The highest BCUT2D eigenvalue weighted by Gasteiger charge is 2.50. The van der Waals surface area contributed by atoms with Crippen molar-refractivity contribution in [3.63, 3.8) is 0 Å². The lowest BCUT2D eigenvalue weighted by molar-refractivity contribution is -0.143. The van der Waals surface area contributed by atoms with Gasteiger partial charge in [-0.05, 0) is 35.1 Å². The lowest BCUT2D eigenvalue weighted by Gasteiger charge is -2.15. The summed E-state index contributed by atoms with van der Waals surface area (Å²) in [6.45, 7) is 0.167. The van der Waals surface area contributed by atoms with Crippen LogP contribution >= 0.6 is 0 Å². The van der Waals surface area contributed by atoms with Crippen LogP contribution in [0, 0.1) is 5.41 Å². The van der Waals surface area contributed by atoms with Gasteiger partial charge in [-0.25, -0.2) is 4.79 Å². The first-order chi connectivity index (χ1) is 16.4. The summed E-state index contributed by atoms with van der Waals surface area (Å²) in [4.78, 5) is 36.6. The Morgan fingerprint density at radius 2 is 1.71 bits per heavy atom. The minimum absolute atomic E-state index is 0.0282. The summed E-state index contributed by atoms with van der Waals surface area (Å²) in [5.74, 6) is -1.33. The maximum absolute atomic E-state index is 12.7. The van der Waals surface area contributed by atoms with E-state index < -0.39 is 23.4 Å². The molecular weight excluding hydrogens is 436 g/mol. The van der Waals surface area contributed by atoms with Crippen molar-refractivity contribution in [3.05, 3.63) is 71.4 Å². The van der Waals surface area contributed by atoms with Crippen LogP contribution in [0.15, 0.2) is 54.7 Å². The van der Waals surface area contributed by atoms with E-state index in [1.54, 1.807) is 7.05 Å². The molecule has 1 fully saturated rings. The molecule has 0 bridgehead atoms. The molecule has 174 valence electrons. The fourth-order valence-corrected chi connectivity index (χ4v) is 4.44. The molecule has 0 atom stereocenters. The fraction of sp³-hybridized carbons (Fsp3) is 0.280. The summed E-state index contributed by atoms with van der Waals surface area (Å²) in [6, 6.07) is 16.1. The second-order valence-corrected chi connectivity index (χ2v) is 8.75. The molecule has 9 heteroatoms. The second kappa shape index (κ2) is 8.33. The zero-order chi connectivity index (χ0) is 23.9. The number of carboxylic acid groups (broad SMARTS) is 1. The first-order valence-electron chi connectivity index (χ1n) is 11.1. The Morgan fingerprint density at radius 1 is 1.09 bits per heavy atom. The van der Waals surface area contributed by atoms with E-state index in [9.17, 15) is 19.5 Å². The Labute approximate surface area is 195 Å². The summed E-state index contributed by atoms with van der Waals surface area (Å²) in [5.41, 5.74) is 3.71. The number of amides is 2. The van der Waals surface area contributed by atoms with Crippen molar-refractivity contribution in [3.8, 4) is 11.1 Å². The minimum Gasteiger partial charge on any atom is -0.481 e. The van der Waals surface area contributed by atoms with Crippen molar-refractivity contribution < 1.29 is 24.2 Å². The van der Waals surface area contributed by atoms with Crippen molar-refractivity contribution in [2.45, 2.75) is 18.8 Å². The highest BCUT2D eigenvalue weighted by molar-refractivity contribution is 6.01. The van der Waals surface area contributed by atoms with Crippen LogP contribution in [-0.4, -0.2) is 46.0 Å². The van der Waals surface area contributed by atoms with Gasteiger partial charge in [0.05, 0.1) is 11.6 Å². The third-order valence-electron chi connectivity index (χ3n) is 6.64. The number of nitrogens with one attached hydrogen (secondary N) is 2. The number of aliphatic carboxylic acids is 1. The highest BCUT2D eigenvalue weighted by atomic mass is 16.5. The standard InChI is InChI=1S/C25H24N4O5/c1-29-21(19(12-27-29)22(30)26-14-25(10-11-25)23(31)32)28-24(33)34-13-20-17-8-4-2-6-15(17)16-7-3-5-9-18(16)20/h2-9,12,20H,10-11,13-14H2,1H3,(H,26,30)(H,28,33)(H,31,32). The quantitative estimate of drug-likeness (QED) is 0.497. The summed E-state index contributed by atoms with van der Waals surface area (Å²) >= 11 is 0. The van der Waals surface area contributed by atoms with Gasteiger partial charge in [0, 0.05) is 19.5 Å². The molecule has 2 aliphatic carbocycles. The van der Waals surface area contributed by atoms with E-state index in [-0.39, 0.29) is 30.5 Å². The molecule has 5 rings (SSSR count). The van der Waals surface area contributed by atoms with Gasteiger partial charge in [-0.15, -0.1) is 0 Å². The average molecular weight is 460 g/mol. The molecule has 1 aromatic heterocycles. The summed E-state index contributed by atoms with van der Waals surface area (Å²) in [5, 5.41) is 18.6. The fourth-order valence-electron chi connectivity index (χ4n) is 4.44. The number of carbonyl (C=O) groups excluding carboxylic acids is 2. The Kier molecular flexibility index (Phi) is 5.31. The van der Waals surface area contributed by atoms with Crippen LogP contribution in [0.1, 0.15) is 40.2 Å². The predicted molar refractivity (Wildman–Crippen MR) is 124 cm³/mol. The molecule has 3 aromatic rings. The van der Waals surface area contributed by atoms with Crippen molar-refractivity contribution in [1.29, 1.82) is 0 Å². The predicted octanol–water partition coefficient (Wildman–Crippen LogP) is 3.38. The van der Waals surface area contributed by atoms with Crippen LogP contribution in [0.5, 0.6) is 0 Å². The topological polar surface area (TPSA) is 123 Å². The molecule has 0 saturated heterocycles. The van der Waals surface area contributed by atoms with Crippen LogP contribution in [0.2, 0.25) is 0 Å². The number of nitrogens with zero attached hydrogens (tertiary/aromatic N) is 2. The van der Waals surface area contributed by atoms with E-state index in [0.29, 0.717) is 12.8 Å². The van der Waals surface area contributed by atoms with Crippen LogP contribution in [0.3, 0.4) is 0 Å². The molecule has 0 radical (unpaired) electrons. The van der Waals surface area contributed by atoms with Crippen molar-refractivity contribution in [2.24, 2.45) is 12.5 Å². The smallest absolute Gasteiger partial charge is 0.412 e. The maximum Gasteiger partial charge on any atom is 0.412 e. The van der Waals surface area contributed by atoms with Crippen molar-refractivity contribution in [1.82, 2.24) is 15.1 Å². The molecule has 2 aromatic carbocycles. The minimum atomic E-state index is -0.920. The van der Waals surface area contributed by atoms with E-state index in [4.69, 9.17) is 4.74 Å². The van der Waals surface area contributed by atoms with Gasteiger partial charge in [-0.3, -0.25) is 19.6 Å². The summed E-state index contributed by atoms with van der Waals surface area (Å²) in [6.07, 6.45) is 1.68. The van der Waals surface area contributed by atoms with Gasteiger partial charge in [0.15, 0.2) is 0 Å². The van der Waals surface area contributed by atoms with Crippen molar-refractivity contribution in [2.75, 3.05) is 18.5 Å². The van der Waals surface area contributed by atoms with Gasteiger partial charge in [-0.2, -0.15) is 5.10 Å². The maximum atomic E-state index is 12.7. The van der Waals surface area contributed by atoms with Gasteiger partial charge < -0.3 is 15.2 Å². The molecule has 34 heavy (non-hydrogen) atoms. The number of rotatable bonds is 7. The molecular formula is C25H24N4O5. The Bertz CT molecular complexity index is 1250.